The van der Waals surface area contributed by atoms with Gasteiger partial charge in [-0.2, -0.15) is 0 Å². The fourth-order valence-electron chi connectivity index (χ4n) is 2.41. The Balaban J connectivity index is 1.88. The van der Waals surface area contributed by atoms with Crippen molar-refractivity contribution in [2.45, 2.75) is 18.9 Å². The number of carbonyl (C=O) groups is 2. The SMILES string of the molecule is NC(=O)CN1CCC(NC(=O)c2cc(Cl)cc(Cl)c2)CC1. The predicted molar refractivity (Wildman–Crippen MR) is 82.6 cm³/mol. The maximum absolute atomic E-state index is 12.2. The maximum Gasteiger partial charge on any atom is 0.251 e. The van der Waals surface area contributed by atoms with Crippen LogP contribution in [0, 0.1) is 0 Å². The minimum atomic E-state index is -0.328. The lowest BCUT2D eigenvalue weighted by molar-refractivity contribution is -0.119. The Hall–Kier alpha value is -1.30. The van der Waals surface area contributed by atoms with Crippen molar-refractivity contribution >= 4 is 35.0 Å². The first-order valence-corrected chi connectivity index (χ1v) is 7.47. The molecule has 0 atom stereocenters. The van der Waals surface area contributed by atoms with E-state index in [1.807, 2.05) is 4.90 Å². The lowest BCUT2D eigenvalue weighted by Crippen LogP contribution is -2.46. The van der Waals surface area contributed by atoms with E-state index in [1.165, 1.54) is 0 Å². The van der Waals surface area contributed by atoms with Crippen LogP contribution in [0.1, 0.15) is 23.2 Å². The fourth-order valence-corrected chi connectivity index (χ4v) is 2.94. The van der Waals surface area contributed by atoms with Crippen molar-refractivity contribution in [3.05, 3.63) is 33.8 Å². The Morgan fingerprint density at radius 2 is 1.76 bits per heavy atom. The molecule has 0 unspecified atom stereocenters. The van der Waals surface area contributed by atoms with Gasteiger partial charge in [-0.15, -0.1) is 0 Å². The van der Waals surface area contributed by atoms with Gasteiger partial charge in [0.05, 0.1) is 6.54 Å². The van der Waals surface area contributed by atoms with Crippen LogP contribution in [-0.2, 0) is 4.79 Å². The number of carbonyl (C=O) groups excluding carboxylic acids is 2. The molecule has 2 amide bonds. The standard InChI is InChI=1S/C14H17Cl2N3O2/c15-10-5-9(6-11(16)7-10)14(21)18-12-1-3-19(4-2-12)8-13(17)20/h5-7,12H,1-4,8H2,(H2,17,20)(H,18,21). The molecule has 7 heteroatoms. The van der Waals surface area contributed by atoms with E-state index in [4.69, 9.17) is 28.9 Å². The minimum Gasteiger partial charge on any atom is -0.369 e. The topological polar surface area (TPSA) is 75.4 Å². The van der Waals surface area contributed by atoms with Crippen LogP contribution in [0.5, 0.6) is 0 Å². The third kappa shape index (κ3) is 4.88. The second kappa shape index (κ2) is 7.11. The van der Waals surface area contributed by atoms with E-state index >= 15 is 0 Å². The first-order chi connectivity index (χ1) is 9.94. The molecule has 3 N–H and O–H groups in total. The molecule has 1 aromatic carbocycles. The predicted octanol–water partition coefficient (Wildman–Crippen LogP) is 1.67. The number of halogens is 2. The first kappa shape index (κ1) is 16.1. The largest absolute Gasteiger partial charge is 0.369 e. The number of benzene rings is 1. The number of rotatable bonds is 4. The number of piperidine rings is 1. The van der Waals surface area contributed by atoms with Gasteiger partial charge in [-0.05, 0) is 31.0 Å². The smallest absolute Gasteiger partial charge is 0.251 e. The number of nitrogens with one attached hydrogen (secondary N) is 1. The highest BCUT2D eigenvalue weighted by molar-refractivity contribution is 6.35. The summed E-state index contributed by atoms with van der Waals surface area (Å²) >= 11 is 11.8. The highest BCUT2D eigenvalue weighted by Crippen LogP contribution is 2.19. The van der Waals surface area contributed by atoms with Crippen LogP contribution in [0.25, 0.3) is 0 Å². The summed E-state index contributed by atoms with van der Waals surface area (Å²) in [7, 11) is 0. The Morgan fingerprint density at radius 3 is 2.29 bits per heavy atom. The molecule has 0 bridgehead atoms. The normalized spacial score (nSPS) is 16.7. The highest BCUT2D eigenvalue weighted by atomic mass is 35.5. The van der Waals surface area contributed by atoms with Crippen molar-refractivity contribution in [3.63, 3.8) is 0 Å². The lowest BCUT2D eigenvalue weighted by atomic mass is 10.0. The van der Waals surface area contributed by atoms with Crippen LogP contribution in [-0.4, -0.2) is 42.4 Å². The molecule has 114 valence electrons. The van der Waals surface area contributed by atoms with Gasteiger partial charge in [-0.25, -0.2) is 0 Å². The van der Waals surface area contributed by atoms with Crippen LogP contribution in [0.15, 0.2) is 18.2 Å². The zero-order valence-corrected chi connectivity index (χ0v) is 13.0. The van der Waals surface area contributed by atoms with E-state index in [-0.39, 0.29) is 24.4 Å². The van der Waals surface area contributed by atoms with Gasteiger partial charge in [0.15, 0.2) is 0 Å². The fraction of sp³-hybridized carbons (Fsp3) is 0.429. The van der Waals surface area contributed by atoms with Gasteiger partial charge in [0.2, 0.25) is 5.91 Å². The van der Waals surface area contributed by atoms with Gasteiger partial charge >= 0.3 is 0 Å². The van der Waals surface area contributed by atoms with E-state index in [0.29, 0.717) is 15.6 Å². The number of hydrogen-bond acceptors (Lipinski definition) is 3. The maximum atomic E-state index is 12.2. The zero-order valence-electron chi connectivity index (χ0n) is 11.4. The number of hydrogen-bond donors (Lipinski definition) is 2. The third-order valence-corrected chi connectivity index (χ3v) is 3.86. The molecule has 0 radical (unpaired) electrons. The monoisotopic (exact) mass is 329 g/mol. The summed E-state index contributed by atoms with van der Waals surface area (Å²) in [6, 6.07) is 4.84. The van der Waals surface area contributed by atoms with Crippen molar-refractivity contribution in [1.82, 2.24) is 10.2 Å². The Bertz CT molecular complexity index is 523. The lowest BCUT2D eigenvalue weighted by Gasteiger charge is -2.31. The van der Waals surface area contributed by atoms with Gasteiger partial charge in [-0.1, -0.05) is 23.2 Å². The third-order valence-electron chi connectivity index (χ3n) is 3.43. The second-order valence-electron chi connectivity index (χ2n) is 5.15. The molecule has 5 nitrogen and oxygen atoms in total. The molecule has 0 aliphatic carbocycles. The molecule has 0 spiro atoms. The van der Waals surface area contributed by atoms with E-state index in [1.54, 1.807) is 18.2 Å². The first-order valence-electron chi connectivity index (χ1n) is 6.71. The second-order valence-corrected chi connectivity index (χ2v) is 6.02. The summed E-state index contributed by atoms with van der Waals surface area (Å²) in [6.45, 7) is 1.75. The quantitative estimate of drug-likeness (QED) is 0.882. The molecule has 1 aromatic rings. The van der Waals surface area contributed by atoms with Gasteiger partial charge in [0.1, 0.15) is 0 Å². The van der Waals surface area contributed by atoms with Crippen LogP contribution < -0.4 is 11.1 Å². The van der Waals surface area contributed by atoms with Crippen molar-refractivity contribution in [3.8, 4) is 0 Å². The zero-order chi connectivity index (χ0) is 15.4. The number of likely N-dealkylation sites (tertiary alicyclic amines) is 1. The molecule has 1 saturated heterocycles. The highest BCUT2D eigenvalue weighted by Gasteiger charge is 2.22. The number of nitrogens with two attached hydrogens (primary N) is 1. The van der Waals surface area contributed by atoms with Gasteiger partial charge < -0.3 is 11.1 Å². The molecule has 0 saturated carbocycles. The van der Waals surface area contributed by atoms with Crippen molar-refractivity contribution in [2.75, 3.05) is 19.6 Å². The van der Waals surface area contributed by atoms with Gasteiger partial charge in [0, 0.05) is 34.7 Å². The molecular formula is C14H17Cl2N3O2. The summed E-state index contributed by atoms with van der Waals surface area (Å²) in [5.74, 6) is -0.515. The molecule has 1 fully saturated rings. The Kier molecular flexibility index (Phi) is 5.45. The van der Waals surface area contributed by atoms with Crippen molar-refractivity contribution < 1.29 is 9.59 Å². The average molecular weight is 330 g/mol. The Morgan fingerprint density at radius 1 is 1.19 bits per heavy atom. The van der Waals surface area contributed by atoms with Crippen molar-refractivity contribution in [2.24, 2.45) is 5.73 Å². The summed E-state index contributed by atoms with van der Waals surface area (Å²) in [5.41, 5.74) is 5.62. The van der Waals surface area contributed by atoms with E-state index in [2.05, 4.69) is 5.32 Å². The molecule has 1 aliphatic rings. The summed E-state index contributed by atoms with van der Waals surface area (Å²) < 4.78 is 0. The Labute approximate surface area is 133 Å². The number of amides is 2. The van der Waals surface area contributed by atoms with Crippen LogP contribution >= 0.6 is 23.2 Å². The minimum absolute atomic E-state index is 0.0828. The average Bonchev–Trinajstić information content (AvgIpc) is 2.39. The van der Waals surface area contributed by atoms with Crippen LogP contribution in [0.2, 0.25) is 10.0 Å². The molecule has 1 heterocycles. The van der Waals surface area contributed by atoms with E-state index in [9.17, 15) is 9.59 Å². The van der Waals surface area contributed by atoms with E-state index < -0.39 is 0 Å². The number of nitrogens with zero attached hydrogens (tertiary/aromatic N) is 1. The molecule has 2 rings (SSSR count). The van der Waals surface area contributed by atoms with Crippen LogP contribution in [0.4, 0.5) is 0 Å². The molecule has 21 heavy (non-hydrogen) atoms. The van der Waals surface area contributed by atoms with E-state index in [0.717, 1.165) is 25.9 Å². The van der Waals surface area contributed by atoms with Gasteiger partial charge in [-0.3, -0.25) is 14.5 Å². The number of primary amides is 1. The molecular weight excluding hydrogens is 313 g/mol. The summed E-state index contributed by atoms with van der Waals surface area (Å²) in [4.78, 5) is 25.0. The van der Waals surface area contributed by atoms with Crippen molar-refractivity contribution in [1.29, 1.82) is 0 Å². The summed E-state index contributed by atoms with van der Waals surface area (Å²) in [6.07, 6.45) is 1.57. The summed E-state index contributed by atoms with van der Waals surface area (Å²) in [5, 5.41) is 3.83. The van der Waals surface area contributed by atoms with Gasteiger partial charge in [0.25, 0.3) is 5.91 Å². The molecule has 1 aliphatic heterocycles. The molecule has 0 aromatic heterocycles. The van der Waals surface area contributed by atoms with Crippen LogP contribution in [0.3, 0.4) is 0 Å².